The zero-order valence-electron chi connectivity index (χ0n) is 19.0. The number of rotatable bonds is 6. The molecule has 160 valence electrons. The lowest BCUT2D eigenvalue weighted by molar-refractivity contribution is 0.611. The molecule has 32 heavy (non-hydrogen) atoms. The molecular weight excluding hydrogens is 390 g/mol. The topological polar surface area (TPSA) is 33.6 Å². The summed E-state index contributed by atoms with van der Waals surface area (Å²) in [6, 6.07) is 30.4. The van der Waals surface area contributed by atoms with Crippen molar-refractivity contribution in [3.8, 4) is 22.6 Å². The van der Waals surface area contributed by atoms with Gasteiger partial charge in [0.2, 0.25) is 0 Å². The van der Waals surface area contributed by atoms with Crippen LogP contribution in [0.5, 0.6) is 0 Å². The van der Waals surface area contributed by atoms with Crippen molar-refractivity contribution in [2.75, 3.05) is 0 Å². The van der Waals surface area contributed by atoms with Gasteiger partial charge in [-0.3, -0.25) is 0 Å². The molecule has 5 rings (SSSR count). The standard InChI is InChI=1S/C29H29N3/c1-4-10-27-24(23-17-15-20(2)16-18-23)19-28(29-30-25-13-8-9-14-26(25)31-29)32(27)21(3)22-11-6-5-7-12-22/h5-9,11-19,21H,4,10H2,1-3H3,(H,30,31). The van der Waals surface area contributed by atoms with Crippen LogP contribution in [0, 0.1) is 6.92 Å². The van der Waals surface area contributed by atoms with Crippen molar-refractivity contribution in [2.24, 2.45) is 0 Å². The molecular formula is C29H29N3. The number of aryl methyl sites for hydroxylation is 1. The van der Waals surface area contributed by atoms with Crippen molar-refractivity contribution >= 4 is 11.0 Å². The second kappa shape index (κ2) is 8.51. The fraction of sp³-hybridized carbons (Fsp3) is 0.207. The van der Waals surface area contributed by atoms with E-state index in [1.165, 1.54) is 27.9 Å². The van der Waals surface area contributed by atoms with Crippen LogP contribution in [0.15, 0.2) is 84.9 Å². The number of imidazole rings is 1. The number of hydrogen-bond acceptors (Lipinski definition) is 1. The number of fused-ring (bicyclic) bond motifs is 1. The minimum Gasteiger partial charge on any atom is -0.337 e. The van der Waals surface area contributed by atoms with Crippen LogP contribution >= 0.6 is 0 Å². The molecule has 0 spiro atoms. The Balaban J connectivity index is 1.77. The number of nitrogens with zero attached hydrogens (tertiary/aromatic N) is 2. The Labute approximate surface area is 189 Å². The minimum atomic E-state index is 0.195. The van der Waals surface area contributed by atoms with E-state index in [0.717, 1.165) is 35.4 Å². The van der Waals surface area contributed by atoms with Crippen LogP contribution in [0.1, 0.15) is 43.1 Å². The normalized spacial score (nSPS) is 12.3. The molecule has 0 amide bonds. The van der Waals surface area contributed by atoms with Crippen molar-refractivity contribution in [3.63, 3.8) is 0 Å². The molecule has 1 unspecified atom stereocenters. The highest BCUT2D eigenvalue weighted by Gasteiger charge is 2.23. The third-order valence-electron chi connectivity index (χ3n) is 6.29. The molecule has 0 bridgehead atoms. The molecule has 2 heterocycles. The third-order valence-corrected chi connectivity index (χ3v) is 6.29. The Morgan fingerprint density at radius 2 is 1.62 bits per heavy atom. The quantitative estimate of drug-likeness (QED) is 0.302. The first-order chi connectivity index (χ1) is 15.7. The Kier molecular flexibility index (Phi) is 5.40. The summed E-state index contributed by atoms with van der Waals surface area (Å²) in [5.74, 6) is 0.921. The Morgan fingerprint density at radius 3 is 2.34 bits per heavy atom. The highest BCUT2D eigenvalue weighted by molar-refractivity contribution is 5.81. The molecule has 2 aromatic heterocycles. The van der Waals surface area contributed by atoms with Crippen LogP contribution in [-0.4, -0.2) is 14.5 Å². The molecule has 1 N–H and O–H groups in total. The Morgan fingerprint density at radius 1 is 0.906 bits per heavy atom. The Hall–Kier alpha value is -3.59. The van der Waals surface area contributed by atoms with Gasteiger partial charge in [-0.1, -0.05) is 85.6 Å². The third kappa shape index (κ3) is 3.64. The number of benzene rings is 3. The van der Waals surface area contributed by atoms with E-state index >= 15 is 0 Å². The van der Waals surface area contributed by atoms with Crippen LogP contribution in [-0.2, 0) is 6.42 Å². The molecule has 0 fully saturated rings. The van der Waals surface area contributed by atoms with Gasteiger partial charge in [-0.2, -0.15) is 0 Å². The average molecular weight is 420 g/mol. The molecule has 0 saturated heterocycles. The summed E-state index contributed by atoms with van der Waals surface area (Å²) in [5.41, 5.74) is 9.70. The molecule has 0 saturated carbocycles. The molecule has 0 aliphatic heterocycles. The van der Waals surface area contributed by atoms with E-state index in [0.29, 0.717) is 0 Å². The average Bonchev–Trinajstić information content (AvgIpc) is 3.42. The van der Waals surface area contributed by atoms with Crippen molar-refractivity contribution in [1.82, 2.24) is 14.5 Å². The molecule has 3 nitrogen and oxygen atoms in total. The van der Waals surface area contributed by atoms with Crippen molar-refractivity contribution in [2.45, 2.75) is 39.7 Å². The summed E-state index contributed by atoms with van der Waals surface area (Å²) in [5, 5.41) is 0. The monoisotopic (exact) mass is 419 g/mol. The number of aromatic nitrogens is 3. The second-order valence-electron chi connectivity index (χ2n) is 8.57. The molecule has 3 heteroatoms. The van der Waals surface area contributed by atoms with E-state index in [-0.39, 0.29) is 6.04 Å². The number of aromatic amines is 1. The number of hydrogen-bond donors (Lipinski definition) is 1. The van der Waals surface area contributed by atoms with Crippen LogP contribution in [0.4, 0.5) is 0 Å². The van der Waals surface area contributed by atoms with E-state index in [9.17, 15) is 0 Å². The molecule has 5 aromatic rings. The van der Waals surface area contributed by atoms with Gasteiger partial charge in [-0.05, 0) is 49.6 Å². The molecule has 0 aliphatic carbocycles. The lowest BCUT2D eigenvalue weighted by atomic mass is 10.0. The van der Waals surface area contributed by atoms with Gasteiger partial charge in [0, 0.05) is 11.3 Å². The van der Waals surface area contributed by atoms with Crippen molar-refractivity contribution < 1.29 is 0 Å². The van der Waals surface area contributed by atoms with Gasteiger partial charge in [-0.15, -0.1) is 0 Å². The SMILES string of the molecule is CCCc1c(-c2ccc(C)cc2)cc(-c2nc3ccccc3[nH]2)n1C(C)c1ccccc1. The van der Waals surface area contributed by atoms with Crippen LogP contribution < -0.4 is 0 Å². The largest absolute Gasteiger partial charge is 0.337 e. The fourth-order valence-corrected chi connectivity index (χ4v) is 4.62. The Bertz CT molecular complexity index is 1310. The zero-order valence-corrected chi connectivity index (χ0v) is 19.0. The summed E-state index contributed by atoms with van der Waals surface area (Å²) < 4.78 is 2.49. The summed E-state index contributed by atoms with van der Waals surface area (Å²) in [4.78, 5) is 8.54. The van der Waals surface area contributed by atoms with Gasteiger partial charge in [0.05, 0.1) is 22.8 Å². The molecule has 3 aromatic carbocycles. The van der Waals surface area contributed by atoms with Gasteiger partial charge in [0.15, 0.2) is 5.82 Å². The smallest absolute Gasteiger partial charge is 0.155 e. The van der Waals surface area contributed by atoms with Gasteiger partial charge in [0.1, 0.15) is 0 Å². The minimum absolute atomic E-state index is 0.195. The van der Waals surface area contributed by atoms with Crippen LogP contribution in [0.3, 0.4) is 0 Å². The predicted molar refractivity (Wildman–Crippen MR) is 134 cm³/mol. The maximum atomic E-state index is 4.97. The van der Waals surface area contributed by atoms with Gasteiger partial charge < -0.3 is 9.55 Å². The van der Waals surface area contributed by atoms with Crippen LogP contribution in [0.2, 0.25) is 0 Å². The lowest BCUT2D eigenvalue weighted by Crippen LogP contribution is -2.12. The number of H-pyrrole nitrogens is 1. The molecule has 0 aliphatic rings. The lowest BCUT2D eigenvalue weighted by Gasteiger charge is -2.21. The van der Waals surface area contributed by atoms with E-state index in [1.54, 1.807) is 0 Å². The highest BCUT2D eigenvalue weighted by Crippen LogP contribution is 2.37. The number of para-hydroxylation sites is 2. The zero-order chi connectivity index (χ0) is 22.1. The first kappa shape index (κ1) is 20.3. The summed E-state index contributed by atoms with van der Waals surface area (Å²) in [6.07, 6.45) is 2.10. The van der Waals surface area contributed by atoms with Gasteiger partial charge in [-0.25, -0.2) is 4.98 Å². The summed E-state index contributed by atoms with van der Waals surface area (Å²) >= 11 is 0. The van der Waals surface area contributed by atoms with Crippen molar-refractivity contribution in [1.29, 1.82) is 0 Å². The van der Waals surface area contributed by atoms with E-state index in [4.69, 9.17) is 4.98 Å². The molecule has 0 radical (unpaired) electrons. The summed E-state index contributed by atoms with van der Waals surface area (Å²) in [7, 11) is 0. The number of nitrogens with one attached hydrogen (secondary N) is 1. The van der Waals surface area contributed by atoms with Gasteiger partial charge in [0.25, 0.3) is 0 Å². The maximum Gasteiger partial charge on any atom is 0.155 e. The predicted octanol–water partition coefficient (Wildman–Crippen LogP) is 7.57. The fourth-order valence-electron chi connectivity index (χ4n) is 4.62. The van der Waals surface area contributed by atoms with Crippen molar-refractivity contribution in [3.05, 3.63) is 102 Å². The van der Waals surface area contributed by atoms with E-state index in [1.807, 2.05) is 6.07 Å². The van der Waals surface area contributed by atoms with E-state index < -0.39 is 0 Å². The summed E-state index contributed by atoms with van der Waals surface area (Å²) in [6.45, 7) is 6.68. The maximum absolute atomic E-state index is 4.97. The second-order valence-corrected chi connectivity index (χ2v) is 8.57. The first-order valence-electron chi connectivity index (χ1n) is 11.5. The van der Waals surface area contributed by atoms with Gasteiger partial charge >= 0.3 is 0 Å². The molecule has 1 atom stereocenters. The van der Waals surface area contributed by atoms with E-state index in [2.05, 4.69) is 109 Å². The van der Waals surface area contributed by atoms with Crippen LogP contribution in [0.25, 0.3) is 33.7 Å². The highest BCUT2D eigenvalue weighted by atomic mass is 15.1. The first-order valence-corrected chi connectivity index (χ1v) is 11.5.